The Morgan fingerprint density at radius 2 is 1.55 bits per heavy atom. The third kappa shape index (κ3) is 7.67. The van der Waals surface area contributed by atoms with Crippen LogP contribution >= 0.6 is 24.8 Å². The molecular formula is C14H29Cl2N3O. The van der Waals surface area contributed by atoms with Crippen LogP contribution in [0.25, 0.3) is 0 Å². The number of piperazine rings is 1. The van der Waals surface area contributed by atoms with Gasteiger partial charge in [0.1, 0.15) is 0 Å². The summed E-state index contributed by atoms with van der Waals surface area (Å²) in [7, 11) is 0. The molecule has 0 aromatic heterocycles. The number of carbonyl (C=O) groups is 1. The molecule has 2 N–H and O–H groups in total. The lowest BCUT2D eigenvalue weighted by atomic mass is 9.97. The lowest BCUT2D eigenvalue weighted by Crippen LogP contribution is -2.49. The van der Waals surface area contributed by atoms with E-state index in [1.807, 2.05) is 0 Å². The fraction of sp³-hybridized carbons (Fsp3) is 0.929. The topological polar surface area (TPSA) is 44.4 Å². The minimum atomic E-state index is 0. The molecule has 0 atom stereocenters. The summed E-state index contributed by atoms with van der Waals surface area (Å²) in [4.78, 5) is 14.2. The Labute approximate surface area is 135 Å². The summed E-state index contributed by atoms with van der Waals surface area (Å²) in [5.41, 5.74) is 0. The Hall–Kier alpha value is -0.0300. The molecule has 1 amide bonds. The van der Waals surface area contributed by atoms with Crippen molar-refractivity contribution in [3.8, 4) is 0 Å². The van der Waals surface area contributed by atoms with Crippen molar-refractivity contribution in [1.29, 1.82) is 0 Å². The van der Waals surface area contributed by atoms with Gasteiger partial charge in [-0.2, -0.15) is 0 Å². The molecule has 2 fully saturated rings. The SMILES string of the molecule is Cl.Cl.O=C(CN1CCNCC1)NC1CCCCCCC1. The Bertz CT molecular complexity index is 253. The van der Waals surface area contributed by atoms with Crippen molar-refractivity contribution in [2.24, 2.45) is 0 Å². The fourth-order valence-corrected chi connectivity index (χ4v) is 2.95. The van der Waals surface area contributed by atoms with Crippen LogP contribution in [0.5, 0.6) is 0 Å². The molecule has 1 saturated heterocycles. The fourth-order valence-electron chi connectivity index (χ4n) is 2.95. The van der Waals surface area contributed by atoms with E-state index in [1.165, 1.54) is 44.9 Å². The third-order valence-corrected chi connectivity index (χ3v) is 4.05. The average molecular weight is 326 g/mol. The number of nitrogens with one attached hydrogen (secondary N) is 2. The van der Waals surface area contributed by atoms with Crippen LogP contribution in [0.15, 0.2) is 0 Å². The monoisotopic (exact) mass is 325 g/mol. The van der Waals surface area contributed by atoms with Crippen LogP contribution in [-0.4, -0.2) is 49.6 Å². The van der Waals surface area contributed by atoms with Crippen LogP contribution in [0.2, 0.25) is 0 Å². The van der Waals surface area contributed by atoms with E-state index in [9.17, 15) is 4.79 Å². The molecule has 0 radical (unpaired) electrons. The maximum atomic E-state index is 12.0. The summed E-state index contributed by atoms with van der Waals surface area (Å²) in [6.07, 6.45) is 8.95. The van der Waals surface area contributed by atoms with Gasteiger partial charge in [-0.15, -0.1) is 24.8 Å². The van der Waals surface area contributed by atoms with Gasteiger partial charge in [-0.1, -0.05) is 32.1 Å². The van der Waals surface area contributed by atoms with Crippen LogP contribution < -0.4 is 10.6 Å². The van der Waals surface area contributed by atoms with Gasteiger partial charge in [0.2, 0.25) is 5.91 Å². The molecule has 1 saturated carbocycles. The van der Waals surface area contributed by atoms with E-state index < -0.39 is 0 Å². The molecule has 0 bridgehead atoms. The molecule has 0 aromatic rings. The van der Waals surface area contributed by atoms with Crippen LogP contribution in [0.4, 0.5) is 0 Å². The smallest absolute Gasteiger partial charge is 0.234 e. The van der Waals surface area contributed by atoms with E-state index in [1.54, 1.807) is 0 Å². The maximum absolute atomic E-state index is 12.0. The van der Waals surface area contributed by atoms with Crippen molar-refractivity contribution >= 4 is 30.7 Å². The van der Waals surface area contributed by atoms with Gasteiger partial charge >= 0.3 is 0 Å². The summed E-state index contributed by atoms with van der Waals surface area (Å²) in [6.45, 7) is 4.60. The summed E-state index contributed by atoms with van der Waals surface area (Å²) in [5, 5.41) is 6.54. The second-order valence-electron chi connectivity index (χ2n) is 5.64. The molecule has 4 nitrogen and oxygen atoms in total. The van der Waals surface area contributed by atoms with Crippen molar-refractivity contribution in [2.75, 3.05) is 32.7 Å². The number of hydrogen-bond acceptors (Lipinski definition) is 3. The van der Waals surface area contributed by atoms with Gasteiger partial charge in [-0.25, -0.2) is 0 Å². The zero-order chi connectivity index (χ0) is 12.6. The zero-order valence-corrected chi connectivity index (χ0v) is 13.9. The molecule has 0 spiro atoms. The third-order valence-electron chi connectivity index (χ3n) is 4.05. The van der Waals surface area contributed by atoms with E-state index >= 15 is 0 Å². The van der Waals surface area contributed by atoms with Crippen molar-refractivity contribution in [3.05, 3.63) is 0 Å². The van der Waals surface area contributed by atoms with E-state index in [-0.39, 0.29) is 30.7 Å². The highest BCUT2D eigenvalue weighted by Gasteiger charge is 2.17. The number of carbonyl (C=O) groups excluding carboxylic acids is 1. The zero-order valence-electron chi connectivity index (χ0n) is 12.2. The van der Waals surface area contributed by atoms with Crippen LogP contribution in [0.3, 0.4) is 0 Å². The van der Waals surface area contributed by atoms with Gasteiger partial charge in [0, 0.05) is 32.2 Å². The van der Waals surface area contributed by atoms with E-state index in [2.05, 4.69) is 15.5 Å². The number of amides is 1. The van der Waals surface area contributed by atoms with Crippen LogP contribution in [0.1, 0.15) is 44.9 Å². The highest BCUT2D eigenvalue weighted by molar-refractivity contribution is 5.85. The maximum Gasteiger partial charge on any atom is 0.234 e. The second kappa shape index (κ2) is 11.6. The first-order valence-electron chi connectivity index (χ1n) is 7.57. The standard InChI is InChI=1S/C14H27N3O.2ClH/c18-14(12-17-10-8-15-9-11-17)16-13-6-4-2-1-3-5-7-13;;/h13,15H,1-12H2,(H,16,18);2*1H. The van der Waals surface area contributed by atoms with E-state index in [0.717, 1.165) is 26.2 Å². The Balaban J connectivity index is 0.00000180. The first-order valence-corrected chi connectivity index (χ1v) is 7.57. The minimum absolute atomic E-state index is 0. The minimum Gasteiger partial charge on any atom is -0.352 e. The van der Waals surface area contributed by atoms with Crippen molar-refractivity contribution in [1.82, 2.24) is 15.5 Å². The number of rotatable bonds is 3. The molecule has 1 heterocycles. The predicted octanol–water partition coefficient (Wildman–Crippen LogP) is 1.96. The lowest BCUT2D eigenvalue weighted by Gasteiger charge is -2.28. The highest BCUT2D eigenvalue weighted by Crippen LogP contribution is 2.16. The largest absolute Gasteiger partial charge is 0.352 e. The van der Waals surface area contributed by atoms with Gasteiger partial charge in [0.15, 0.2) is 0 Å². The molecule has 2 aliphatic rings. The first kappa shape index (κ1) is 20.0. The summed E-state index contributed by atoms with van der Waals surface area (Å²) in [5.74, 6) is 0.225. The van der Waals surface area contributed by atoms with Gasteiger partial charge in [0.25, 0.3) is 0 Å². The van der Waals surface area contributed by atoms with Crippen molar-refractivity contribution < 1.29 is 4.79 Å². The summed E-state index contributed by atoms with van der Waals surface area (Å²) in [6, 6.07) is 0.431. The normalized spacial score (nSPS) is 21.8. The number of nitrogens with zero attached hydrogens (tertiary/aromatic N) is 1. The Morgan fingerprint density at radius 1 is 1.00 bits per heavy atom. The second-order valence-corrected chi connectivity index (χ2v) is 5.64. The molecule has 0 aromatic carbocycles. The molecule has 0 unspecified atom stereocenters. The molecule has 1 aliphatic carbocycles. The molecule has 6 heteroatoms. The molecular weight excluding hydrogens is 297 g/mol. The van der Waals surface area contributed by atoms with E-state index in [4.69, 9.17) is 0 Å². The van der Waals surface area contributed by atoms with Crippen LogP contribution in [0, 0.1) is 0 Å². The van der Waals surface area contributed by atoms with E-state index in [0.29, 0.717) is 12.6 Å². The first-order chi connectivity index (χ1) is 8.84. The van der Waals surface area contributed by atoms with Crippen molar-refractivity contribution in [2.45, 2.75) is 51.0 Å². The highest BCUT2D eigenvalue weighted by atomic mass is 35.5. The molecule has 20 heavy (non-hydrogen) atoms. The Morgan fingerprint density at radius 3 is 2.15 bits per heavy atom. The summed E-state index contributed by atoms with van der Waals surface area (Å²) < 4.78 is 0. The lowest BCUT2D eigenvalue weighted by molar-refractivity contribution is -0.123. The Kier molecular flexibility index (Phi) is 11.6. The van der Waals surface area contributed by atoms with Gasteiger partial charge in [-0.3, -0.25) is 9.69 Å². The molecule has 2 rings (SSSR count). The number of hydrogen-bond donors (Lipinski definition) is 2. The summed E-state index contributed by atoms with van der Waals surface area (Å²) >= 11 is 0. The average Bonchev–Trinajstić information content (AvgIpc) is 2.34. The molecule has 120 valence electrons. The molecule has 1 aliphatic heterocycles. The number of halogens is 2. The van der Waals surface area contributed by atoms with Crippen molar-refractivity contribution in [3.63, 3.8) is 0 Å². The predicted molar refractivity (Wildman–Crippen MR) is 88.1 cm³/mol. The van der Waals surface area contributed by atoms with Crippen LogP contribution in [-0.2, 0) is 4.79 Å². The van der Waals surface area contributed by atoms with Gasteiger partial charge < -0.3 is 10.6 Å². The van der Waals surface area contributed by atoms with Gasteiger partial charge in [-0.05, 0) is 12.8 Å². The van der Waals surface area contributed by atoms with Gasteiger partial charge in [0.05, 0.1) is 6.54 Å². The quantitative estimate of drug-likeness (QED) is 0.833.